The van der Waals surface area contributed by atoms with Crippen molar-refractivity contribution in [1.29, 1.82) is 0 Å². The molecule has 0 saturated carbocycles. The number of thiocarbonyl (C=S) groups is 2. The van der Waals surface area contributed by atoms with Crippen molar-refractivity contribution in [3.05, 3.63) is 0 Å². The molecule has 0 fully saturated rings. The summed E-state index contributed by atoms with van der Waals surface area (Å²) in [7, 11) is 5.35. The van der Waals surface area contributed by atoms with Gasteiger partial charge in [0.25, 0.3) is 0 Å². The van der Waals surface area contributed by atoms with E-state index in [2.05, 4.69) is 37.6 Å². The van der Waals surface area contributed by atoms with Gasteiger partial charge in [0, 0.05) is 26.7 Å². The molecule has 0 radical (unpaired) electrons. The fourth-order valence-electron chi connectivity index (χ4n) is 1.67. The fraction of sp³-hybridized carbons (Fsp3) is 0.867. The van der Waals surface area contributed by atoms with E-state index in [1.165, 1.54) is 38.5 Å². The van der Waals surface area contributed by atoms with Crippen LogP contribution in [-0.2, 0) is 0 Å². The van der Waals surface area contributed by atoms with Crippen LogP contribution in [0.3, 0.4) is 0 Å². The minimum absolute atomic E-state index is 0.932. The summed E-state index contributed by atoms with van der Waals surface area (Å²) in [4.78, 5) is 4.50. The standard InChI is InChI=1S/C15H30N2S4/c1-5-8-11-16(4)14(18)20-21-15(19)17(12-9-6-2)13-10-7-3/h5-13H2,1-4H3. The van der Waals surface area contributed by atoms with Gasteiger partial charge >= 0.3 is 0 Å². The summed E-state index contributed by atoms with van der Waals surface area (Å²) in [6.45, 7) is 9.82. The first-order valence-electron chi connectivity index (χ1n) is 7.95. The van der Waals surface area contributed by atoms with Crippen molar-refractivity contribution in [2.45, 2.75) is 59.3 Å². The van der Waals surface area contributed by atoms with E-state index < -0.39 is 0 Å². The molecule has 0 N–H and O–H groups in total. The average Bonchev–Trinajstić information content (AvgIpc) is 2.49. The summed E-state index contributed by atoms with van der Waals surface area (Å²) in [6, 6.07) is 0. The van der Waals surface area contributed by atoms with Crippen LogP contribution in [0.4, 0.5) is 0 Å². The van der Waals surface area contributed by atoms with Gasteiger partial charge in [0.15, 0.2) is 0 Å². The van der Waals surface area contributed by atoms with E-state index in [0.717, 1.165) is 28.3 Å². The zero-order valence-corrected chi connectivity index (χ0v) is 17.2. The topological polar surface area (TPSA) is 6.48 Å². The molecule has 0 spiro atoms. The highest BCUT2D eigenvalue weighted by molar-refractivity contribution is 8.89. The number of hydrogen-bond acceptors (Lipinski definition) is 4. The van der Waals surface area contributed by atoms with Crippen LogP contribution in [0.15, 0.2) is 0 Å². The third-order valence-corrected chi connectivity index (χ3v) is 7.00. The van der Waals surface area contributed by atoms with E-state index >= 15 is 0 Å². The van der Waals surface area contributed by atoms with Gasteiger partial charge in [0.1, 0.15) is 8.64 Å². The predicted octanol–water partition coefficient (Wildman–Crippen LogP) is 5.57. The Bertz CT molecular complexity index is 289. The molecule has 0 aromatic carbocycles. The Morgan fingerprint density at radius 3 is 1.67 bits per heavy atom. The first-order valence-corrected chi connectivity index (χ1v) is 10.9. The second-order valence-corrected chi connectivity index (χ2v) is 8.56. The highest BCUT2D eigenvalue weighted by Crippen LogP contribution is 2.28. The van der Waals surface area contributed by atoms with Crippen molar-refractivity contribution in [2.24, 2.45) is 0 Å². The molecule has 0 heterocycles. The zero-order chi connectivity index (χ0) is 16.1. The van der Waals surface area contributed by atoms with Crippen LogP contribution in [0.2, 0.25) is 0 Å². The highest BCUT2D eigenvalue weighted by Gasteiger charge is 2.12. The molecule has 0 aliphatic rings. The van der Waals surface area contributed by atoms with E-state index in [0.29, 0.717) is 0 Å². The number of hydrogen-bond donors (Lipinski definition) is 0. The van der Waals surface area contributed by atoms with Gasteiger partial charge in [-0.25, -0.2) is 0 Å². The Balaban J connectivity index is 4.18. The Hall–Kier alpha value is 0.480. The van der Waals surface area contributed by atoms with E-state index in [1.807, 2.05) is 0 Å². The summed E-state index contributed by atoms with van der Waals surface area (Å²) < 4.78 is 1.91. The molecule has 21 heavy (non-hydrogen) atoms. The first-order chi connectivity index (χ1) is 10.1. The van der Waals surface area contributed by atoms with Crippen LogP contribution in [0, 0.1) is 0 Å². The van der Waals surface area contributed by atoms with Gasteiger partial charge < -0.3 is 9.80 Å². The van der Waals surface area contributed by atoms with Crippen LogP contribution in [0.5, 0.6) is 0 Å². The molecule has 0 aromatic heterocycles. The van der Waals surface area contributed by atoms with Gasteiger partial charge in [-0.3, -0.25) is 0 Å². The second-order valence-electron chi connectivity index (χ2n) is 5.17. The number of rotatable bonds is 9. The average molecular weight is 367 g/mol. The Morgan fingerprint density at radius 2 is 1.19 bits per heavy atom. The predicted molar refractivity (Wildman–Crippen MR) is 109 cm³/mol. The van der Waals surface area contributed by atoms with Crippen LogP contribution in [0.25, 0.3) is 0 Å². The van der Waals surface area contributed by atoms with Gasteiger partial charge in [-0.2, -0.15) is 0 Å². The van der Waals surface area contributed by atoms with Crippen molar-refractivity contribution >= 4 is 54.7 Å². The van der Waals surface area contributed by atoms with Gasteiger partial charge in [-0.05, 0) is 40.9 Å². The lowest BCUT2D eigenvalue weighted by Crippen LogP contribution is -2.29. The summed E-state index contributed by atoms with van der Waals surface area (Å²) in [5, 5.41) is 0. The maximum Gasteiger partial charge on any atom is 0.147 e. The summed E-state index contributed by atoms with van der Waals surface area (Å²) >= 11 is 11.0. The van der Waals surface area contributed by atoms with E-state index in [1.54, 1.807) is 21.6 Å². The third kappa shape index (κ3) is 10.8. The normalized spacial score (nSPS) is 10.5. The molecular formula is C15H30N2S4. The molecular weight excluding hydrogens is 336 g/mol. The van der Waals surface area contributed by atoms with Crippen LogP contribution in [-0.4, -0.2) is 45.1 Å². The molecule has 0 atom stereocenters. The van der Waals surface area contributed by atoms with E-state index in [-0.39, 0.29) is 0 Å². The van der Waals surface area contributed by atoms with Crippen molar-refractivity contribution in [1.82, 2.24) is 9.80 Å². The molecule has 6 heteroatoms. The Morgan fingerprint density at radius 1 is 0.762 bits per heavy atom. The van der Waals surface area contributed by atoms with Crippen molar-refractivity contribution in [2.75, 3.05) is 26.7 Å². The van der Waals surface area contributed by atoms with Gasteiger partial charge in [-0.15, -0.1) is 0 Å². The lowest BCUT2D eigenvalue weighted by atomic mass is 10.3. The van der Waals surface area contributed by atoms with Crippen molar-refractivity contribution in [3.63, 3.8) is 0 Å². The maximum atomic E-state index is 5.58. The summed E-state index contributed by atoms with van der Waals surface area (Å²) in [6.07, 6.45) is 7.21. The second kappa shape index (κ2) is 14.1. The molecule has 124 valence electrons. The molecule has 0 aliphatic heterocycles. The van der Waals surface area contributed by atoms with E-state index in [4.69, 9.17) is 24.4 Å². The SMILES string of the molecule is CCCCN(C)C(=S)SSC(=S)N(CCCC)CCCC. The van der Waals surface area contributed by atoms with Crippen LogP contribution >= 0.6 is 46.0 Å². The van der Waals surface area contributed by atoms with Gasteiger partial charge in [0.05, 0.1) is 0 Å². The molecule has 0 aromatic rings. The summed E-state index contributed by atoms with van der Waals surface area (Å²) in [5.41, 5.74) is 0. The third-order valence-electron chi connectivity index (χ3n) is 3.16. The Kier molecular flexibility index (Phi) is 14.4. The Labute approximate surface area is 150 Å². The highest BCUT2D eigenvalue weighted by atomic mass is 33.1. The maximum absolute atomic E-state index is 5.58. The minimum Gasteiger partial charge on any atom is -0.360 e. The molecule has 0 saturated heterocycles. The van der Waals surface area contributed by atoms with Crippen molar-refractivity contribution in [3.8, 4) is 0 Å². The largest absolute Gasteiger partial charge is 0.360 e. The monoisotopic (exact) mass is 366 g/mol. The lowest BCUT2D eigenvalue weighted by Gasteiger charge is -2.25. The number of nitrogens with zero attached hydrogens (tertiary/aromatic N) is 2. The minimum atomic E-state index is 0.932. The van der Waals surface area contributed by atoms with Crippen LogP contribution in [0.1, 0.15) is 59.3 Å². The first kappa shape index (κ1) is 21.5. The van der Waals surface area contributed by atoms with E-state index in [9.17, 15) is 0 Å². The fourth-order valence-corrected chi connectivity index (χ4v) is 4.33. The molecule has 0 amide bonds. The lowest BCUT2D eigenvalue weighted by molar-refractivity contribution is 0.411. The molecule has 0 bridgehead atoms. The quantitative estimate of drug-likeness (QED) is 0.386. The van der Waals surface area contributed by atoms with Gasteiger partial charge in [0.2, 0.25) is 0 Å². The van der Waals surface area contributed by atoms with Crippen LogP contribution < -0.4 is 0 Å². The number of unbranched alkanes of at least 4 members (excludes halogenated alkanes) is 3. The zero-order valence-electron chi connectivity index (χ0n) is 13.9. The molecule has 0 aliphatic carbocycles. The molecule has 0 rings (SSSR count). The summed E-state index contributed by atoms with van der Waals surface area (Å²) in [5.74, 6) is 0. The molecule has 0 unspecified atom stereocenters. The van der Waals surface area contributed by atoms with Gasteiger partial charge in [-0.1, -0.05) is 64.5 Å². The van der Waals surface area contributed by atoms with Crippen molar-refractivity contribution < 1.29 is 0 Å². The molecule has 2 nitrogen and oxygen atoms in total. The smallest absolute Gasteiger partial charge is 0.147 e.